The van der Waals surface area contributed by atoms with E-state index in [9.17, 15) is 4.79 Å². The summed E-state index contributed by atoms with van der Waals surface area (Å²) in [6.45, 7) is 4.69. The van der Waals surface area contributed by atoms with E-state index in [2.05, 4.69) is 24.0 Å². The number of nitrogens with zero attached hydrogens (tertiary/aromatic N) is 3. The molecule has 0 aliphatic carbocycles. The molecule has 1 unspecified atom stereocenters. The molecule has 3 rings (SSSR count). The van der Waals surface area contributed by atoms with Gasteiger partial charge in [0.2, 0.25) is 5.91 Å². The summed E-state index contributed by atoms with van der Waals surface area (Å²) in [4.78, 5) is 19.1. The van der Waals surface area contributed by atoms with E-state index in [1.54, 1.807) is 0 Å². The third kappa shape index (κ3) is 4.94. The molecule has 1 aliphatic heterocycles. The Balaban J connectivity index is 1.54. The summed E-state index contributed by atoms with van der Waals surface area (Å²) in [5.41, 5.74) is 8.33. The van der Waals surface area contributed by atoms with Crippen LogP contribution < -0.4 is 5.73 Å². The SMILES string of the molecule is CCCC1CCCN(C(=O)[C@@H](N)Cc2cn(Cc3ccccc3)cn2)C1. The molecule has 26 heavy (non-hydrogen) atoms. The van der Waals surface area contributed by atoms with Crippen LogP contribution in [-0.2, 0) is 17.8 Å². The maximum atomic E-state index is 12.7. The van der Waals surface area contributed by atoms with Crippen molar-refractivity contribution in [1.82, 2.24) is 14.5 Å². The molecule has 1 aliphatic rings. The summed E-state index contributed by atoms with van der Waals surface area (Å²) in [6.07, 6.45) is 9.01. The second-order valence-corrected chi connectivity index (χ2v) is 7.41. The van der Waals surface area contributed by atoms with E-state index in [-0.39, 0.29) is 5.91 Å². The molecule has 0 radical (unpaired) electrons. The minimum atomic E-state index is -0.504. The molecule has 1 aromatic carbocycles. The molecule has 2 aromatic rings. The molecule has 1 saturated heterocycles. The van der Waals surface area contributed by atoms with Crippen LogP contribution in [0.3, 0.4) is 0 Å². The number of hydrogen-bond acceptors (Lipinski definition) is 3. The number of benzene rings is 1. The molecule has 0 saturated carbocycles. The van der Waals surface area contributed by atoms with Crippen molar-refractivity contribution in [1.29, 1.82) is 0 Å². The maximum Gasteiger partial charge on any atom is 0.239 e. The van der Waals surface area contributed by atoms with Gasteiger partial charge in [-0.25, -0.2) is 4.98 Å². The predicted molar refractivity (Wildman–Crippen MR) is 104 cm³/mol. The number of carbonyl (C=O) groups is 1. The standard InChI is InChI=1S/C21H30N4O/c1-2-7-17-10-6-11-25(14-17)21(26)20(22)12-19-15-24(16-23-19)13-18-8-4-3-5-9-18/h3-5,8-9,15-17,20H,2,6-7,10-14,22H2,1H3/t17?,20-/m0/s1. The van der Waals surface area contributed by atoms with E-state index in [0.29, 0.717) is 12.3 Å². The Morgan fingerprint density at radius 3 is 2.92 bits per heavy atom. The average molecular weight is 354 g/mol. The van der Waals surface area contributed by atoms with Crippen molar-refractivity contribution in [2.24, 2.45) is 11.7 Å². The largest absolute Gasteiger partial charge is 0.341 e. The molecule has 2 atom stereocenters. The lowest BCUT2D eigenvalue weighted by Gasteiger charge is -2.34. The number of piperidine rings is 1. The van der Waals surface area contributed by atoms with Crippen molar-refractivity contribution in [2.45, 2.75) is 51.6 Å². The Morgan fingerprint density at radius 1 is 1.35 bits per heavy atom. The lowest BCUT2D eigenvalue weighted by Crippen LogP contribution is -2.48. The second-order valence-electron chi connectivity index (χ2n) is 7.41. The monoisotopic (exact) mass is 354 g/mol. The van der Waals surface area contributed by atoms with Gasteiger partial charge in [0.25, 0.3) is 0 Å². The maximum absolute atomic E-state index is 12.7. The van der Waals surface area contributed by atoms with Crippen molar-refractivity contribution >= 4 is 5.91 Å². The van der Waals surface area contributed by atoms with Crippen molar-refractivity contribution in [3.05, 3.63) is 54.1 Å². The van der Waals surface area contributed by atoms with Crippen molar-refractivity contribution < 1.29 is 4.79 Å². The summed E-state index contributed by atoms with van der Waals surface area (Å²) in [7, 11) is 0. The smallest absolute Gasteiger partial charge is 0.239 e. The van der Waals surface area contributed by atoms with Gasteiger partial charge in [-0.15, -0.1) is 0 Å². The van der Waals surface area contributed by atoms with E-state index in [1.807, 2.05) is 40.2 Å². The van der Waals surface area contributed by atoms with Crippen LogP contribution in [0.1, 0.15) is 43.9 Å². The fourth-order valence-electron chi connectivity index (χ4n) is 3.85. The van der Waals surface area contributed by atoms with Gasteiger partial charge >= 0.3 is 0 Å². The highest BCUT2D eigenvalue weighted by Crippen LogP contribution is 2.21. The zero-order chi connectivity index (χ0) is 18.4. The number of aromatic nitrogens is 2. The highest BCUT2D eigenvalue weighted by Gasteiger charge is 2.27. The van der Waals surface area contributed by atoms with Gasteiger partial charge in [0.15, 0.2) is 0 Å². The van der Waals surface area contributed by atoms with Gasteiger partial charge in [-0.3, -0.25) is 4.79 Å². The summed E-state index contributed by atoms with van der Waals surface area (Å²) in [6, 6.07) is 9.77. The highest BCUT2D eigenvalue weighted by atomic mass is 16.2. The molecule has 1 aromatic heterocycles. The molecule has 0 bridgehead atoms. The van der Waals surface area contributed by atoms with Gasteiger partial charge in [-0.2, -0.15) is 0 Å². The molecule has 5 nitrogen and oxygen atoms in total. The lowest BCUT2D eigenvalue weighted by molar-refractivity contribution is -0.134. The van der Waals surface area contributed by atoms with Crippen LogP contribution in [0.15, 0.2) is 42.9 Å². The number of hydrogen-bond donors (Lipinski definition) is 1. The van der Waals surface area contributed by atoms with E-state index < -0.39 is 6.04 Å². The predicted octanol–water partition coefficient (Wildman–Crippen LogP) is 2.84. The number of nitrogens with two attached hydrogens (primary N) is 1. The van der Waals surface area contributed by atoms with Crippen LogP contribution in [0.25, 0.3) is 0 Å². The van der Waals surface area contributed by atoms with Gasteiger partial charge in [-0.05, 0) is 30.7 Å². The Hall–Kier alpha value is -2.14. The first-order valence-corrected chi connectivity index (χ1v) is 9.74. The van der Waals surface area contributed by atoms with Gasteiger partial charge in [0.05, 0.1) is 18.1 Å². The first kappa shape index (κ1) is 18.6. The van der Waals surface area contributed by atoms with Crippen LogP contribution >= 0.6 is 0 Å². The molecule has 2 N–H and O–H groups in total. The Labute approximate surface area is 156 Å². The Kier molecular flexibility index (Phi) is 6.45. The van der Waals surface area contributed by atoms with Crippen molar-refractivity contribution in [2.75, 3.05) is 13.1 Å². The minimum absolute atomic E-state index is 0.0726. The van der Waals surface area contributed by atoms with Crippen LogP contribution in [0.5, 0.6) is 0 Å². The van der Waals surface area contributed by atoms with E-state index in [1.165, 1.54) is 24.8 Å². The third-order valence-corrected chi connectivity index (χ3v) is 5.17. The molecule has 0 spiro atoms. The zero-order valence-electron chi connectivity index (χ0n) is 15.7. The molecular formula is C21H30N4O. The molecule has 140 valence electrons. The van der Waals surface area contributed by atoms with Crippen molar-refractivity contribution in [3.8, 4) is 0 Å². The Bertz CT molecular complexity index is 695. The van der Waals surface area contributed by atoms with Gasteiger partial charge in [-0.1, -0.05) is 43.7 Å². The van der Waals surface area contributed by atoms with Gasteiger partial charge in [0.1, 0.15) is 0 Å². The number of carbonyl (C=O) groups excluding carboxylic acids is 1. The fourth-order valence-corrected chi connectivity index (χ4v) is 3.85. The fraction of sp³-hybridized carbons (Fsp3) is 0.524. The zero-order valence-corrected chi connectivity index (χ0v) is 15.7. The van der Waals surface area contributed by atoms with Crippen molar-refractivity contribution in [3.63, 3.8) is 0 Å². The quantitative estimate of drug-likeness (QED) is 0.831. The van der Waals surface area contributed by atoms with Crippen LogP contribution in [-0.4, -0.2) is 39.5 Å². The topological polar surface area (TPSA) is 64.2 Å². The van der Waals surface area contributed by atoms with Gasteiger partial charge in [0, 0.05) is 32.3 Å². The molecular weight excluding hydrogens is 324 g/mol. The van der Waals surface area contributed by atoms with Gasteiger partial charge < -0.3 is 15.2 Å². The number of likely N-dealkylation sites (tertiary alicyclic amines) is 1. The van der Waals surface area contributed by atoms with Crippen LogP contribution in [0.2, 0.25) is 0 Å². The number of rotatable bonds is 7. The lowest BCUT2D eigenvalue weighted by atomic mass is 9.93. The summed E-state index contributed by atoms with van der Waals surface area (Å²) < 4.78 is 2.04. The molecule has 1 amide bonds. The second kappa shape index (κ2) is 8.99. The first-order valence-electron chi connectivity index (χ1n) is 9.74. The van der Waals surface area contributed by atoms with Crippen LogP contribution in [0.4, 0.5) is 0 Å². The summed E-state index contributed by atoms with van der Waals surface area (Å²) in [5, 5.41) is 0. The summed E-state index contributed by atoms with van der Waals surface area (Å²) in [5.74, 6) is 0.707. The minimum Gasteiger partial charge on any atom is -0.341 e. The summed E-state index contributed by atoms with van der Waals surface area (Å²) >= 11 is 0. The highest BCUT2D eigenvalue weighted by molar-refractivity contribution is 5.82. The molecule has 5 heteroatoms. The van der Waals surface area contributed by atoms with E-state index in [4.69, 9.17) is 5.73 Å². The van der Waals surface area contributed by atoms with E-state index in [0.717, 1.165) is 31.7 Å². The Morgan fingerprint density at radius 2 is 2.15 bits per heavy atom. The normalized spacial score (nSPS) is 18.7. The van der Waals surface area contributed by atoms with Crippen LogP contribution in [0, 0.1) is 5.92 Å². The van der Waals surface area contributed by atoms with E-state index >= 15 is 0 Å². The number of imidazole rings is 1. The first-order chi connectivity index (χ1) is 12.7. The third-order valence-electron chi connectivity index (χ3n) is 5.17. The molecule has 2 heterocycles. The number of amides is 1. The average Bonchev–Trinajstić information content (AvgIpc) is 3.09. The molecule has 1 fully saturated rings.